The summed E-state index contributed by atoms with van der Waals surface area (Å²) in [5, 5.41) is 25.4. The fourth-order valence-electron chi connectivity index (χ4n) is 3.54. The summed E-state index contributed by atoms with van der Waals surface area (Å²) < 4.78 is 2.15. The van der Waals surface area contributed by atoms with Crippen molar-refractivity contribution in [2.75, 3.05) is 0 Å². The summed E-state index contributed by atoms with van der Waals surface area (Å²) in [5.74, 6) is -1.12. The number of aryl methyl sites for hydroxylation is 1. The van der Waals surface area contributed by atoms with Gasteiger partial charge in [0.15, 0.2) is 5.75 Å². The lowest BCUT2D eigenvalue weighted by Crippen LogP contribution is -2.17. The van der Waals surface area contributed by atoms with Crippen LogP contribution < -0.4 is 5.43 Å². The summed E-state index contributed by atoms with van der Waals surface area (Å²) in [4.78, 5) is 22.5. The molecule has 0 aliphatic heterocycles. The average molecular weight is 428 g/mol. The zero-order chi connectivity index (χ0) is 22.7. The second kappa shape index (κ2) is 8.73. The first-order valence-electron chi connectivity index (χ1n) is 9.86. The Bertz CT molecular complexity index is 1360. The highest BCUT2D eigenvalue weighted by Gasteiger charge is 2.16. The lowest BCUT2D eigenvalue weighted by molar-refractivity contribution is -0.385. The van der Waals surface area contributed by atoms with E-state index in [0.717, 1.165) is 35.1 Å². The number of nitro groups is 1. The Morgan fingerprint density at radius 3 is 2.75 bits per heavy atom. The normalized spacial score (nSPS) is 11.2. The fraction of sp³-hybridized carbons (Fsp3) is 0.0833. The SMILES string of the molecule is Cc1cccc(Cn2ccc3c(/C=N/NC(=O)c4ccc(O)c([N+](=O)[O-])c4)cccc32)c1. The molecule has 0 aliphatic carbocycles. The summed E-state index contributed by atoms with van der Waals surface area (Å²) in [6, 6.07) is 19.6. The van der Waals surface area contributed by atoms with Crippen molar-refractivity contribution in [3.63, 3.8) is 0 Å². The Balaban J connectivity index is 1.52. The minimum absolute atomic E-state index is 0.0224. The molecule has 0 saturated heterocycles. The van der Waals surface area contributed by atoms with E-state index in [1.165, 1.54) is 23.4 Å². The van der Waals surface area contributed by atoms with E-state index in [0.29, 0.717) is 0 Å². The Hall–Kier alpha value is -4.46. The van der Waals surface area contributed by atoms with Gasteiger partial charge in [0.1, 0.15) is 0 Å². The molecule has 0 atom stereocenters. The van der Waals surface area contributed by atoms with Crippen LogP contribution in [-0.4, -0.2) is 26.7 Å². The van der Waals surface area contributed by atoms with Crippen molar-refractivity contribution >= 4 is 28.7 Å². The predicted octanol–water partition coefficient (Wildman–Crippen LogP) is 4.38. The van der Waals surface area contributed by atoms with E-state index >= 15 is 0 Å². The molecule has 0 unspecified atom stereocenters. The molecule has 0 saturated carbocycles. The first-order chi connectivity index (χ1) is 15.4. The van der Waals surface area contributed by atoms with Gasteiger partial charge in [-0.15, -0.1) is 0 Å². The van der Waals surface area contributed by atoms with Gasteiger partial charge in [0.05, 0.1) is 11.1 Å². The van der Waals surface area contributed by atoms with Crippen LogP contribution >= 0.6 is 0 Å². The van der Waals surface area contributed by atoms with Crippen LogP contribution in [0.3, 0.4) is 0 Å². The van der Waals surface area contributed by atoms with Gasteiger partial charge in [-0.1, -0.05) is 42.0 Å². The van der Waals surface area contributed by atoms with Crippen LogP contribution in [0.4, 0.5) is 5.69 Å². The number of nitrogens with one attached hydrogen (secondary N) is 1. The monoisotopic (exact) mass is 428 g/mol. The minimum atomic E-state index is -0.752. The maximum atomic E-state index is 12.3. The number of benzene rings is 3. The van der Waals surface area contributed by atoms with Crippen molar-refractivity contribution in [2.24, 2.45) is 5.10 Å². The van der Waals surface area contributed by atoms with Gasteiger partial charge in [-0.25, -0.2) is 5.43 Å². The molecule has 0 bridgehead atoms. The Morgan fingerprint density at radius 1 is 1.16 bits per heavy atom. The second-order valence-electron chi connectivity index (χ2n) is 7.37. The van der Waals surface area contributed by atoms with Crippen molar-refractivity contribution in [3.05, 3.63) is 105 Å². The second-order valence-corrected chi connectivity index (χ2v) is 7.37. The van der Waals surface area contributed by atoms with E-state index in [9.17, 15) is 20.0 Å². The highest BCUT2D eigenvalue weighted by Crippen LogP contribution is 2.26. The van der Waals surface area contributed by atoms with Crippen LogP contribution in [0.25, 0.3) is 10.9 Å². The van der Waals surface area contributed by atoms with Crippen molar-refractivity contribution in [1.82, 2.24) is 9.99 Å². The van der Waals surface area contributed by atoms with Gasteiger partial charge < -0.3 is 9.67 Å². The maximum Gasteiger partial charge on any atom is 0.311 e. The molecule has 1 heterocycles. The van der Waals surface area contributed by atoms with E-state index in [1.54, 1.807) is 0 Å². The molecule has 4 rings (SSSR count). The van der Waals surface area contributed by atoms with Crippen LogP contribution in [0, 0.1) is 17.0 Å². The molecule has 32 heavy (non-hydrogen) atoms. The van der Waals surface area contributed by atoms with Crippen molar-refractivity contribution < 1.29 is 14.8 Å². The highest BCUT2D eigenvalue weighted by molar-refractivity contribution is 6.00. The number of fused-ring (bicyclic) bond motifs is 1. The smallest absolute Gasteiger partial charge is 0.311 e. The lowest BCUT2D eigenvalue weighted by Gasteiger charge is -2.07. The summed E-state index contributed by atoms with van der Waals surface area (Å²) >= 11 is 0. The van der Waals surface area contributed by atoms with Gasteiger partial charge in [0.2, 0.25) is 0 Å². The summed E-state index contributed by atoms with van der Waals surface area (Å²) in [7, 11) is 0. The highest BCUT2D eigenvalue weighted by atomic mass is 16.6. The number of nitro benzene ring substituents is 1. The molecule has 0 spiro atoms. The van der Waals surface area contributed by atoms with Crippen molar-refractivity contribution in [1.29, 1.82) is 0 Å². The standard InChI is InChI=1S/C24H20N4O4/c1-16-4-2-5-17(12-16)15-27-11-10-20-19(6-3-7-21(20)27)14-25-26-24(30)18-8-9-23(29)22(13-18)28(31)32/h2-14,29H,15H2,1H3,(H,26,30)/b25-14+. The van der Waals surface area contributed by atoms with Gasteiger partial charge in [0, 0.05) is 40.8 Å². The van der Waals surface area contributed by atoms with E-state index in [2.05, 4.69) is 40.2 Å². The molecule has 1 amide bonds. The molecule has 1 aromatic heterocycles. The van der Waals surface area contributed by atoms with Crippen LogP contribution in [-0.2, 0) is 6.54 Å². The number of carbonyl (C=O) groups excluding carboxylic acids is 1. The lowest BCUT2D eigenvalue weighted by atomic mass is 10.1. The van der Waals surface area contributed by atoms with Crippen LogP contribution in [0.1, 0.15) is 27.0 Å². The zero-order valence-electron chi connectivity index (χ0n) is 17.2. The average Bonchev–Trinajstić information content (AvgIpc) is 3.17. The molecule has 160 valence electrons. The molecule has 0 radical (unpaired) electrons. The number of aromatic hydroxyl groups is 1. The molecule has 2 N–H and O–H groups in total. The third-order valence-corrected chi connectivity index (χ3v) is 5.09. The first kappa shape index (κ1) is 20.8. The Kier molecular flexibility index (Phi) is 5.67. The molecule has 0 fully saturated rings. The van der Waals surface area contributed by atoms with E-state index < -0.39 is 22.3 Å². The molecule has 8 heteroatoms. The van der Waals surface area contributed by atoms with E-state index in [-0.39, 0.29) is 5.56 Å². The molecule has 3 aromatic carbocycles. The molecule has 8 nitrogen and oxygen atoms in total. The maximum absolute atomic E-state index is 12.3. The van der Waals surface area contributed by atoms with E-state index in [1.807, 2.05) is 36.5 Å². The number of hydrogen-bond acceptors (Lipinski definition) is 5. The van der Waals surface area contributed by atoms with Gasteiger partial charge in [-0.05, 0) is 36.8 Å². The summed E-state index contributed by atoms with van der Waals surface area (Å²) in [6.45, 7) is 2.80. The summed E-state index contributed by atoms with van der Waals surface area (Å²) in [5.41, 5.74) is 6.13. The van der Waals surface area contributed by atoms with Gasteiger partial charge >= 0.3 is 5.69 Å². The number of aromatic nitrogens is 1. The quantitative estimate of drug-likeness (QED) is 0.270. The third-order valence-electron chi connectivity index (χ3n) is 5.09. The predicted molar refractivity (Wildman–Crippen MR) is 122 cm³/mol. The zero-order valence-corrected chi connectivity index (χ0v) is 17.2. The topological polar surface area (TPSA) is 110 Å². The van der Waals surface area contributed by atoms with Crippen LogP contribution in [0.2, 0.25) is 0 Å². The third kappa shape index (κ3) is 4.34. The fourth-order valence-corrected chi connectivity index (χ4v) is 3.54. The molecular formula is C24H20N4O4. The number of rotatable bonds is 6. The number of amides is 1. The minimum Gasteiger partial charge on any atom is -0.502 e. The number of nitrogens with zero attached hydrogens (tertiary/aromatic N) is 3. The number of phenols is 1. The number of hydrazone groups is 1. The molecule has 4 aromatic rings. The van der Waals surface area contributed by atoms with Gasteiger partial charge in [-0.3, -0.25) is 14.9 Å². The van der Waals surface area contributed by atoms with Gasteiger partial charge in [0.25, 0.3) is 5.91 Å². The van der Waals surface area contributed by atoms with Crippen LogP contribution in [0.15, 0.2) is 78.0 Å². The van der Waals surface area contributed by atoms with Crippen molar-refractivity contribution in [3.8, 4) is 5.75 Å². The summed E-state index contributed by atoms with van der Waals surface area (Å²) in [6.07, 6.45) is 3.55. The van der Waals surface area contributed by atoms with E-state index in [4.69, 9.17) is 0 Å². The number of phenolic OH excluding ortho intramolecular Hbond substituents is 1. The molecular weight excluding hydrogens is 408 g/mol. The van der Waals surface area contributed by atoms with Crippen LogP contribution in [0.5, 0.6) is 5.75 Å². The Labute approximate surface area is 183 Å². The van der Waals surface area contributed by atoms with Gasteiger partial charge in [-0.2, -0.15) is 5.10 Å². The number of carbonyl (C=O) groups is 1. The van der Waals surface area contributed by atoms with Crippen molar-refractivity contribution in [2.45, 2.75) is 13.5 Å². The largest absolute Gasteiger partial charge is 0.502 e. The Morgan fingerprint density at radius 2 is 1.97 bits per heavy atom. The number of hydrogen-bond donors (Lipinski definition) is 2. The molecule has 0 aliphatic rings. The first-order valence-corrected chi connectivity index (χ1v) is 9.86.